The number of ether oxygens (including phenoxy) is 1. The predicted molar refractivity (Wildman–Crippen MR) is 84.9 cm³/mol. The molecule has 0 aromatic carbocycles. The second kappa shape index (κ2) is 6.08. The first kappa shape index (κ1) is 15.6. The molecule has 0 unspecified atom stereocenters. The molecule has 0 saturated carbocycles. The van der Waals surface area contributed by atoms with Gasteiger partial charge >= 0.3 is 0 Å². The third kappa shape index (κ3) is 3.10. The molecule has 1 amide bonds. The van der Waals surface area contributed by atoms with Crippen molar-refractivity contribution in [2.75, 3.05) is 20.2 Å². The summed E-state index contributed by atoms with van der Waals surface area (Å²) in [6, 6.07) is 1.33. The van der Waals surface area contributed by atoms with Crippen LogP contribution in [0.4, 0.5) is 0 Å². The Labute approximate surface area is 138 Å². The van der Waals surface area contributed by atoms with Crippen LogP contribution in [0.15, 0.2) is 29.5 Å². The average Bonchev–Trinajstić information content (AvgIpc) is 2.89. The fourth-order valence-electron chi connectivity index (χ4n) is 2.67. The van der Waals surface area contributed by atoms with E-state index in [0.29, 0.717) is 35.3 Å². The Hall–Kier alpha value is -2.28. The second-order valence-electron chi connectivity index (χ2n) is 5.66. The molecule has 8 heteroatoms. The van der Waals surface area contributed by atoms with E-state index in [0.717, 1.165) is 6.54 Å². The van der Waals surface area contributed by atoms with Gasteiger partial charge in [-0.25, -0.2) is 0 Å². The predicted octanol–water partition coefficient (Wildman–Crippen LogP) is 1.02. The number of methoxy groups -OCH3 is 1. The van der Waals surface area contributed by atoms with Gasteiger partial charge in [0.15, 0.2) is 0 Å². The van der Waals surface area contributed by atoms with Crippen LogP contribution in [-0.2, 0) is 13.6 Å². The lowest BCUT2D eigenvalue weighted by molar-refractivity contribution is 0.0457. The summed E-state index contributed by atoms with van der Waals surface area (Å²) in [7, 11) is 3.06. The molecule has 1 aliphatic rings. The van der Waals surface area contributed by atoms with Crippen molar-refractivity contribution in [1.29, 1.82) is 0 Å². The van der Waals surface area contributed by atoms with E-state index in [1.165, 1.54) is 23.9 Å². The number of rotatable bonds is 4. The standard InChI is InChI=1S/C15H17ClN4O3/c1-18-9-12(13(23-2)3-14(18)21)15(22)19-5-10(6-19)7-20-8-11(16)4-17-20/h3-4,8-10H,5-7H2,1-2H3. The lowest BCUT2D eigenvalue weighted by Gasteiger charge is -2.39. The van der Waals surface area contributed by atoms with Gasteiger partial charge in [0.05, 0.1) is 23.9 Å². The van der Waals surface area contributed by atoms with Crippen molar-refractivity contribution < 1.29 is 9.53 Å². The molecule has 3 heterocycles. The zero-order valence-electron chi connectivity index (χ0n) is 12.9. The molecule has 0 N–H and O–H groups in total. The lowest BCUT2D eigenvalue weighted by atomic mass is 9.99. The van der Waals surface area contributed by atoms with Gasteiger partial charge in [0.2, 0.25) is 0 Å². The van der Waals surface area contributed by atoms with Gasteiger partial charge in [-0.05, 0) is 0 Å². The quantitative estimate of drug-likeness (QED) is 0.835. The highest BCUT2D eigenvalue weighted by molar-refractivity contribution is 6.30. The summed E-state index contributed by atoms with van der Waals surface area (Å²) in [4.78, 5) is 25.9. The van der Waals surface area contributed by atoms with Gasteiger partial charge < -0.3 is 14.2 Å². The maximum absolute atomic E-state index is 12.6. The first-order valence-electron chi connectivity index (χ1n) is 7.20. The number of amides is 1. The van der Waals surface area contributed by atoms with Gasteiger partial charge in [0, 0.05) is 51.1 Å². The van der Waals surface area contributed by atoms with Crippen molar-refractivity contribution in [1.82, 2.24) is 19.2 Å². The summed E-state index contributed by atoms with van der Waals surface area (Å²) in [6.45, 7) is 2.01. The number of carbonyl (C=O) groups is 1. The molecule has 1 saturated heterocycles. The van der Waals surface area contributed by atoms with E-state index in [9.17, 15) is 9.59 Å². The Morgan fingerprint density at radius 3 is 2.78 bits per heavy atom. The van der Waals surface area contributed by atoms with E-state index in [2.05, 4.69) is 5.10 Å². The number of pyridine rings is 1. The van der Waals surface area contributed by atoms with Crippen molar-refractivity contribution in [3.05, 3.63) is 45.6 Å². The SMILES string of the molecule is COc1cc(=O)n(C)cc1C(=O)N1CC(Cn2cc(Cl)cn2)C1. The minimum atomic E-state index is -0.213. The van der Waals surface area contributed by atoms with E-state index in [1.54, 1.807) is 29.0 Å². The summed E-state index contributed by atoms with van der Waals surface area (Å²) < 4.78 is 8.31. The molecular formula is C15H17ClN4O3. The van der Waals surface area contributed by atoms with Crippen molar-refractivity contribution in [3.63, 3.8) is 0 Å². The van der Waals surface area contributed by atoms with E-state index < -0.39 is 0 Å². The van der Waals surface area contributed by atoms with Crippen LogP contribution in [0.5, 0.6) is 5.75 Å². The summed E-state index contributed by atoms with van der Waals surface area (Å²) in [5.74, 6) is 0.515. The third-order valence-electron chi connectivity index (χ3n) is 3.93. The lowest BCUT2D eigenvalue weighted by Crippen LogP contribution is -2.51. The van der Waals surface area contributed by atoms with Crippen LogP contribution in [0.1, 0.15) is 10.4 Å². The summed E-state index contributed by atoms with van der Waals surface area (Å²) in [6.07, 6.45) is 4.88. The van der Waals surface area contributed by atoms with Gasteiger partial charge in [0.25, 0.3) is 11.5 Å². The van der Waals surface area contributed by atoms with E-state index in [1.807, 2.05) is 0 Å². The molecule has 0 aliphatic carbocycles. The molecule has 122 valence electrons. The van der Waals surface area contributed by atoms with Crippen LogP contribution in [0.2, 0.25) is 5.02 Å². The summed E-state index contributed by atoms with van der Waals surface area (Å²) in [5, 5.41) is 4.74. The monoisotopic (exact) mass is 336 g/mol. The van der Waals surface area contributed by atoms with E-state index in [-0.39, 0.29) is 11.5 Å². The number of likely N-dealkylation sites (tertiary alicyclic amines) is 1. The topological polar surface area (TPSA) is 69.4 Å². The highest BCUT2D eigenvalue weighted by Crippen LogP contribution is 2.24. The normalized spacial score (nSPS) is 14.7. The van der Waals surface area contributed by atoms with Gasteiger partial charge in [-0.1, -0.05) is 11.6 Å². The van der Waals surface area contributed by atoms with Gasteiger partial charge in [-0.15, -0.1) is 0 Å². The van der Waals surface area contributed by atoms with Crippen LogP contribution >= 0.6 is 11.6 Å². The summed E-state index contributed by atoms with van der Waals surface area (Å²) in [5.41, 5.74) is 0.186. The van der Waals surface area contributed by atoms with Crippen LogP contribution in [0.3, 0.4) is 0 Å². The zero-order chi connectivity index (χ0) is 16.6. The molecule has 2 aromatic heterocycles. The first-order valence-corrected chi connectivity index (χ1v) is 7.57. The first-order chi connectivity index (χ1) is 11.0. The fourth-order valence-corrected chi connectivity index (χ4v) is 2.82. The average molecular weight is 337 g/mol. The molecule has 1 aliphatic heterocycles. The third-order valence-corrected chi connectivity index (χ3v) is 4.13. The van der Waals surface area contributed by atoms with Crippen molar-refractivity contribution >= 4 is 17.5 Å². The maximum Gasteiger partial charge on any atom is 0.259 e. The fraction of sp³-hybridized carbons (Fsp3) is 0.400. The smallest absolute Gasteiger partial charge is 0.259 e. The van der Waals surface area contributed by atoms with Crippen molar-refractivity contribution in [3.8, 4) is 5.75 Å². The number of nitrogens with zero attached hydrogens (tertiary/aromatic N) is 4. The van der Waals surface area contributed by atoms with Crippen LogP contribution in [-0.4, -0.2) is 45.4 Å². The number of hydrogen-bond acceptors (Lipinski definition) is 4. The van der Waals surface area contributed by atoms with Crippen LogP contribution in [0, 0.1) is 5.92 Å². The molecule has 1 fully saturated rings. The highest BCUT2D eigenvalue weighted by Gasteiger charge is 2.33. The minimum absolute atomic E-state index is 0.132. The van der Waals surface area contributed by atoms with E-state index >= 15 is 0 Å². The number of halogens is 1. The molecule has 0 radical (unpaired) electrons. The van der Waals surface area contributed by atoms with Gasteiger partial charge in [-0.3, -0.25) is 14.3 Å². The molecule has 0 bridgehead atoms. The Balaban J connectivity index is 1.67. The van der Waals surface area contributed by atoms with Crippen LogP contribution in [0.25, 0.3) is 0 Å². The summed E-state index contributed by atoms with van der Waals surface area (Å²) >= 11 is 5.84. The largest absolute Gasteiger partial charge is 0.496 e. The minimum Gasteiger partial charge on any atom is -0.496 e. The number of aromatic nitrogens is 3. The number of carbonyl (C=O) groups excluding carboxylic acids is 1. The molecule has 23 heavy (non-hydrogen) atoms. The zero-order valence-corrected chi connectivity index (χ0v) is 13.7. The number of aryl methyl sites for hydroxylation is 1. The maximum atomic E-state index is 12.6. The van der Waals surface area contributed by atoms with Crippen LogP contribution < -0.4 is 10.3 Å². The Morgan fingerprint density at radius 2 is 2.17 bits per heavy atom. The Kier molecular flexibility index (Phi) is 4.12. The Bertz CT molecular complexity index is 792. The van der Waals surface area contributed by atoms with Crippen molar-refractivity contribution in [2.45, 2.75) is 6.54 Å². The van der Waals surface area contributed by atoms with Gasteiger partial charge in [0.1, 0.15) is 5.75 Å². The molecule has 0 spiro atoms. The molecule has 7 nitrogen and oxygen atoms in total. The molecule has 3 rings (SSSR count). The number of hydrogen-bond donors (Lipinski definition) is 0. The highest BCUT2D eigenvalue weighted by atomic mass is 35.5. The van der Waals surface area contributed by atoms with Gasteiger partial charge in [-0.2, -0.15) is 5.10 Å². The molecule has 0 atom stereocenters. The van der Waals surface area contributed by atoms with Crippen molar-refractivity contribution in [2.24, 2.45) is 13.0 Å². The molecule has 2 aromatic rings. The van der Waals surface area contributed by atoms with E-state index in [4.69, 9.17) is 16.3 Å². The Morgan fingerprint density at radius 1 is 1.43 bits per heavy atom. The second-order valence-corrected chi connectivity index (χ2v) is 6.10. The molecular weight excluding hydrogens is 320 g/mol.